The van der Waals surface area contributed by atoms with Crippen LogP contribution in [0.3, 0.4) is 0 Å². The largest absolute Gasteiger partial charge is 0.496 e. The zero-order chi connectivity index (χ0) is 37.4. The van der Waals surface area contributed by atoms with E-state index in [1.54, 1.807) is 31.8 Å². The second-order valence-electron chi connectivity index (χ2n) is 14.7. The number of carbonyl (C=O) groups excluding carboxylic acids is 3. The maximum atomic E-state index is 14.0. The van der Waals surface area contributed by atoms with Crippen LogP contribution in [-0.4, -0.2) is 89.6 Å². The van der Waals surface area contributed by atoms with Crippen LogP contribution >= 0.6 is 0 Å². The smallest absolute Gasteiger partial charge is 0.317 e. The molecule has 0 radical (unpaired) electrons. The molecule has 6 rings (SSSR count). The Morgan fingerprint density at radius 1 is 1.15 bits per heavy atom. The lowest BCUT2D eigenvalue weighted by atomic mass is 10.1. The van der Waals surface area contributed by atoms with E-state index in [9.17, 15) is 22.8 Å². The summed E-state index contributed by atoms with van der Waals surface area (Å²) >= 11 is 0. The predicted octanol–water partition coefficient (Wildman–Crippen LogP) is 4.25. The van der Waals surface area contributed by atoms with Crippen molar-refractivity contribution in [1.82, 2.24) is 35.0 Å². The molecule has 2 aromatic heterocycles. The number of methoxy groups -OCH3 is 1. The van der Waals surface area contributed by atoms with Gasteiger partial charge in [-0.2, -0.15) is 5.10 Å². The van der Waals surface area contributed by atoms with Crippen molar-refractivity contribution in [3.63, 3.8) is 0 Å². The minimum Gasteiger partial charge on any atom is -0.496 e. The lowest BCUT2D eigenvalue weighted by Crippen LogP contribution is -2.58. The summed E-state index contributed by atoms with van der Waals surface area (Å²) in [6.07, 6.45) is 9.19. The van der Waals surface area contributed by atoms with Gasteiger partial charge in [0.25, 0.3) is 5.91 Å². The van der Waals surface area contributed by atoms with Crippen LogP contribution < -0.4 is 24.8 Å². The first kappa shape index (κ1) is 37.1. The van der Waals surface area contributed by atoms with E-state index in [2.05, 4.69) is 29.2 Å². The monoisotopic (exact) mass is 735 g/mol. The van der Waals surface area contributed by atoms with Gasteiger partial charge < -0.3 is 25.0 Å². The number of carbonyl (C=O) groups is 3. The number of aromatic nitrogens is 3. The number of allylic oxidation sites excluding steroid dienone is 1. The molecule has 15 heteroatoms. The molecule has 52 heavy (non-hydrogen) atoms. The second-order valence-corrected chi connectivity index (χ2v) is 16.9. The number of amides is 4. The van der Waals surface area contributed by atoms with Crippen LogP contribution in [0.15, 0.2) is 42.6 Å². The Bertz CT molecular complexity index is 2010. The lowest BCUT2D eigenvalue weighted by molar-refractivity contribution is -0.130. The van der Waals surface area contributed by atoms with Crippen molar-refractivity contribution < 1.29 is 32.3 Å². The van der Waals surface area contributed by atoms with Gasteiger partial charge in [0.05, 0.1) is 29.7 Å². The number of rotatable bonds is 10. The molecular formula is C37H49N7O7S. The number of pyridine rings is 1. The van der Waals surface area contributed by atoms with Gasteiger partial charge in [-0.05, 0) is 76.5 Å². The van der Waals surface area contributed by atoms with Crippen LogP contribution in [-0.2, 0) is 19.6 Å². The van der Waals surface area contributed by atoms with Crippen LogP contribution in [0.5, 0.6) is 11.5 Å². The van der Waals surface area contributed by atoms with Gasteiger partial charge in [0.2, 0.25) is 15.9 Å². The minimum atomic E-state index is -3.94. The van der Waals surface area contributed by atoms with Crippen molar-refractivity contribution in [2.24, 2.45) is 5.92 Å². The SMILES string of the molecule is COc1ccc2c(OCC[C@@H]3NC(=O)N(C)CCCCC=C[C@@H]4C[C@@]4(C(=O)NS(=O)(=O)C4(C)CC4)NC3=O)cc(-n3ccc(C(C)C)n3)nc2c1C. The second kappa shape index (κ2) is 14.4. The summed E-state index contributed by atoms with van der Waals surface area (Å²) in [5.74, 6) is 0.151. The molecule has 14 nitrogen and oxygen atoms in total. The van der Waals surface area contributed by atoms with Crippen molar-refractivity contribution in [3.8, 4) is 17.3 Å². The molecule has 280 valence electrons. The number of urea groups is 1. The van der Waals surface area contributed by atoms with Gasteiger partial charge in [0.15, 0.2) is 5.82 Å². The summed E-state index contributed by atoms with van der Waals surface area (Å²) in [5.41, 5.74) is 0.927. The standard InChI is InChI=1S/C37H49N7O7S/c1-23(2)27-14-19-44(41-27)31-21-30(26-12-13-29(50-6)24(3)32(26)39-31)51-20-15-28-33(45)40-37(34(46)42-52(48,49)36(4)16-17-36)22-25(37)11-9-7-8-10-18-43(5)35(47)38-28/h9,11-14,19,21,23,25,28H,7-8,10,15-18,20,22H2,1-6H3,(H,38,47)(H,40,45)(H,42,46)/t25-,28+,37-/m1/s1. The van der Waals surface area contributed by atoms with E-state index in [1.807, 2.05) is 43.5 Å². The van der Waals surface area contributed by atoms with Crippen LogP contribution in [0.2, 0.25) is 0 Å². The van der Waals surface area contributed by atoms with Crippen LogP contribution in [0.4, 0.5) is 4.79 Å². The highest BCUT2D eigenvalue weighted by Gasteiger charge is 2.62. The number of fused-ring (bicyclic) bond motifs is 2. The van der Waals surface area contributed by atoms with E-state index in [0.717, 1.165) is 35.9 Å². The maximum Gasteiger partial charge on any atom is 0.317 e. The summed E-state index contributed by atoms with van der Waals surface area (Å²) in [6, 6.07) is 5.89. The molecule has 3 aliphatic rings. The first-order chi connectivity index (χ1) is 24.7. The normalized spacial score (nSPS) is 23.3. The van der Waals surface area contributed by atoms with Gasteiger partial charge in [-0.15, -0.1) is 0 Å². The molecule has 2 aliphatic carbocycles. The van der Waals surface area contributed by atoms with E-state index in [1.165, 1.54) is 4.90 Å². The zero-order valence-corrected chi connectivity index (χ0v) is 31.5. The van der Waals surface area contributed by atoms with Crippen LogP contribution in [0.1, 0.15) is 82.9 Å². The molecule has 1 aliphatic heterocycles. The highest BCUT2D eigenvalue weighted by atomic mass is 32.2. The quantitative estimate of drug-likeness (QED) is 0.257. The molecule has 0 spiro atoms. The molecule has 0 saturated heterocycles. The number of sulfonamides is 1. The number of nitrogens with zero attached hydrogens (tertiary/aromatic N) is 4. The van der Waals surface area contributed by atoms with Gasteiger partial charge in [-0.3, -0.25) is 14.3 Å². The summed E-state index contributed by atoms with van der Waals surface area (Å²) in [4.78, 5) is 47.4. The van der Waals surface area contributed by atoms with Crippen LogP contribution in [0, 0.1) is 12.8 Å². The third-order valence-electron chi connectivity index (χ3n) is 10.5. The molecule has 0 bridgehead atoms. The van der Waals surface area contributed by atoms with E-state index in [0.29, 0.717) is 42.2 Å². The number of aryl methyl sites for hydroxylation is 1. The molecule has 3 aromatic rings. The molecule has 3 atom stereocenters. The van der Waals surface area contributed by atoms with Crippen molar-refractivity contribution in [3.05, 3.63) is 53.9 Å². The number of ether oxygens (including phenoxy) is 2. The Hall–Kier alpha value is -4.66. The highest BCUT2D eigenvalue weighted by Crippen LogP contribution is 2.47. The molecule has 3 heterocycles. The Balaban J connectivity index is 1.27. The average Bonchev–Trinajstić information content (AvgIpc) is 3.96. The molecule has 1 aromatic carbocycles. The van der Waals surface area contributed by atoms with E-state index in [4.69, 9.17) is 19.6 Å². The summed E-state index contributed by atoms with van der Waals surface area (Å²) in [6.45, 7) is 8.15. The van der Waals surface area contributed by atoms with E-state index < -0.39 is 50.1 Å². The third-order valence-corrected chi connectivity index (χ3v) is 12.7. The highest BCUT2D eigenvalue weighted by molar-refractivity contribution is 7.91. The predicted molar refractivity (Wildman–Crippen MR) is 196 cm³/mol. The molecular weight excluding hydrogens is 687 g/mol. The zero-order valence-electron chi connectivity index (χ0n) is 30.7. The third kappa shape index (κ3) is 7.46. The van der Waals surface area contributed by atoms with Gasteiger partial charge >= 0.3 is 6.03 Å². The minimum absolute atomic E-state index is 0.0112. The molecule has 0 unspecified atom stereocenters. The first-order valence-electron chi connectivity index (χ1n) is 17.9. The maximum absolute atomic E-state index is 14.0. The lowest BCUT2D eigenvalue weighted by Gasteiger charge is -2.26. The van der Waals surface area contributed by atoms with Crippen molar-refractivity contribution in [2.45, 2.75) is 94.9 Å². The number of nitrogens with one attached hydrogen (secondary N) is 3. The summed E-state index contributed by atoms with van der Waals surface area (Å²) in [5, 5.41) is 11.1. The van der Waals surface area contributed by atoms with Gasteiger partial charge in [-0.25, -0.2) is 22.9 Å². The van der Waals surface area contributed by atoms with Crippen molar-refractivity contribution in [2.75, 3.05) is 27.3 Å². The fraction of sp³-hybridized carbons (Fsp3) is 0.541. The van der Waals surface area contributed by atoms with E-state index >= 15 is 0 Å². The molecule has 3 N–H and O–H groups in total. The number of hydrogen-bond acceptors (Lipinski definition) is 9. The Labute approximate surface area is 304 Å². The topological polar surface area (TPSA) is 174 Å². The Kier molecular flexibility index (Phi) is 10.3. The molecule has 4 amide bonds. The van der Waals surface area contributed by atoms with Gasteiger partial charge in [0, 0.05) is 49.1 Å². The number of hydrogen-bond donors (Lipinski definition) is 3. The van der Waals surface area contributed by atoms with Crippen molar-refractivity contribution in [1.29, 1.82) is 0 Å². The summed E-state index contributed by atoms with van der Waals surface area (Å²) < 4.78 is 40.9. The fourth-order valence-corrected chi connectivity index (χ4v) is 7.77. The average molecular weight is 736 g/mol. The van der Waals surface area contributed by atoms with E-state index in [-0.39, 0.29) is 25.4 Å². The Morgan fingerprint density at radius 2 is 1.92 bits per heavy atom. The molecule has 2 saturated carbocycles. The molecule has 2 fully saturated rings. The Morgan fingerprint density at radius 3 is 2.62 bits per heavy atom. The summed E-state index contributed by atoms with van der Waals surface area (Å²) in [7, 11) is -0.679. The van der Waals surface area contributed by atoms with Gasteiger partial charge in [0.1, 0.15) is 23.1 Å². The fourth-order valence-electron chi connectivity index (χ4n) is 6.46. The number of benzene rings is 1. The van der Waals surface area contributed by atoms with Crippen molar-refractivity contribution >= 4 is 38.8 Å². The van der Waals surface area contributed by atoms with Gasteiger partial charge in [-0.1, -0.05) is 26.0 Å². The first-order valence-corrected chi connectivity index (χ1v) is 19.4. The van der Waals surface area contributed by atoms with Crippen LogP contribution in [0.25, 0.3) is 16.7 Å².